The molecular weight excluding hydrogens is 290 g/mol. The third-order valence-corrected chi connectivity index (χ3v) is 6.33. The van der Waals surface area contributed by atoms with E-state index in [1.807, 2.05) is 6.92 Å². The summed E-state index contributed by atoms with van der Waals surface area (Å²) < 4.78 is 49.6. The van der Waals surface area contributed by atoms with Gasteiger partial charge in [-0.05, 0) is 37.0 Å². The number of hydrogen-bond donors (Lipinski definition) is 1. The Morgan fingerprint density at radius 3 is 2.50 bits per heavy atom. The number of aliphatic carboxylic acids is 1. The van der Waals surface area contributed by atoms with Crippen LogP contribution >= 0.6 is 0 Å². The summed E-state index contributed by atoms with van der Waals surface area (Å²) in [6.45, 7) is 1.83. The molecule has 0 radical (unpaired) electrons. The molecule has 110 valence electrons. The number of halogens is 2. The third-order valence-electron chi connectivity index (χ3n) is 3.90. The summed E-state index contributed by atoms with van der Waals surface area (Å²) in [5.74, 6) is -3.59. The van der Waals surface area contributed by atoms with Gasteiger partial charge in [0.15, 0.2) is 14.6 Å². The number of sulfone groups is 1. The van der Waals surface area contributed by atoms with Gasteiger partial charge >= 0.3 is 5.97 Å². The van der Waals surface area contributed by atoms with Gasteiger partial charge in [0, 0.05) is 0 Å². The molecule has 1 fully saturated rings. The molecule has 1 N–H and O–H groups in total. The van der Waals surface area contributed by atoms with Gasteiger partial charge in [0.1, 0.15) is 16.5 Å². The van der Waals surface area contributed by atoms with Gasteiger partial charge in [-0.1, -0.05) is 13.3 Å². The number of carboxylic acid groups (broad SMARTS) is 1. The van der Waals surface area contributed by atoms with Crippen LogP contribution in [0.3, 0.4) is 0 Å². The normalized spacial score (nSPS) is 26.1. The molecule has 0 aromatic heterocycles. The quantitative estimate of drug-likeness (QED) is 0.927. The second kappa shape index (κ2) is 4.80. The molecule has 0 bridgehead atoms. The first-order valence-corrected chi connectivity index (χ1v) is 7.66. The largest absolute Gasteiger partial charge is 0.480 e. The number of carbonyl (C=O) groups is 1. The van der Waals surface area contributed by atoms with Crippen LogP contribution in [0, 0.1) is 17.6 Å². The van der Waals surface area contributed by atoms with Gasteiger partial charge in [-0.3, -0.25) is 4.79 Å². The van der Waals surface area contributed by atoms with Gasteiger partial charge in [0.2, 0.25) is 0 Å². The van der Waals surface area contributed by atoms with E-state index < -0.39 is 37.1 Å². The van der Waals surface area contributed by atoms with Gasteiger partial charge in [-0.25, -0.2) is 17.2 Å². The fourth-order valence-electron chi connectivity index (χ4n) is 2.56. The lowest BCUT2D eigenvalue weighted by Gasteiger charge is -2.43. The smallest absolute Gasteiger partial charge is 0.325 e. The highest BCUT2D eigenvalue weighted by atomic mass is 32.2. The zero-order valence-corrected chi connectivity index (χ0v) is 11.6. The zero-order chi connectivity index (χ0) is 15.1. The molecule has 1 aromatic carbocycles. The van der Waals surface area contributed by atoms with Gasteiger partial charge in [0.05, 0.1) is 0 Å². The van der Waals surface area contributed by atoms with Crippen molar-refractivity contribution in [1.82, 2.24) is 0 Å². The van der Waals surface area contributed by atoms with E-state index in [2.05, 4.69) is 0 Å². The van der Waals surface area contributed by atoms with Crippen molar-refractivity contribution in [3.8, 4) is 0 Å². The summed E-state index contributed by atoms with van der Waals surface area (Å²) in [4.78, 5) is 10.5. The van der Waals surface area contributed by atoms with Crippen LogP contribution in [0.1, 0.15) is 26.2 Å². The zero-order valence-electron chi connectivity index (χ0n) is 10.8. The minimum absolute atomic E-state index is 0.0301. The lowest BCUT2D eigenvalue weighted by molar-refractivity contribution is -0.144. The summed E-state index contributed by atoms with van der Waals surface area (Å²) >= 11 is 0. The molecule has 4 nitrogen and oxygen atoms in total. The molecule has 1 aliphatic rings. The molecule has 2 rings (SSSR count). The van der Waals surface area contributed by atoms with Crippen LogP contribution in [-0.4, -0.2) is 24.2 Å². The molecular formula is C13H14F2O4S. The van der Waals surface area contributed by atoms with Gasteiger partial charge < -0.3 is 5.11 Å². The minimum Gasteiger partial charge on any atom is -0.480 e. The second-order valence-electron chi connectivity index (χ2n) is 5.06. The van der Waals surface area contributed by atoms with Crippen molar-refractivity contribution in [3.63, 3.8) is 0 Å². The van der Waals surface area contributed by atoms with Gasteiger partial charge in [0.25, 0.3) is 0 Å². The Hall–Kier alpha value is -1.50. The van der Waals surface area contributed by atoms with E-state index in [9.17, 15) is 27.1 Å². The van der Waals surface area contributed by atoms with E-state index in [1.54, 1.807) is 0 Å². The predicted molar refractivity (Wildman–Crippen MR) is 66.9 cm³/mol. The van der Waals surface area contributed by atoms with Crippen molar-refractivity contribution in [3.05, 3.63) is 29.8 Å². The number of carboxylic acids is 1. The van der Waals surface area contributed by atoms with Gasteiger partial charge in [-0.2, -0.15) is 0 Å². The van der Waals surface area contributed by atoms with Crippen LogP contribution < -0.4 is 0 Å². The Balaban J connectivity index is 2.54. The average Bonchev–Trinajstić information content (AvgIpc) is 2.30. The molecule has 0 heterocycles. The minimum atomic E-state index is -4.47. The first-order chi connectivity index (χ1) is 9.24. The second-order valence-corrected chi connectivity index (χ2v) is 7.29. The molecule has 1 aromatic rings. The fourth-order valence-corrected chi connectivity index (χ4v) is 4.72. The van der Waals surface area contributed by atoms with E-state index in [4.69, 9.17) is 0 Å². The van der Waals surface area contributed by atoms with Crippen molar-refractivity contribution in [2.45, 2.75) is 35.8 Å². The Morgan fingerprint density at radius 1 is 1.40 bits per heavy atom. The van der Waals surface area contributed by atoms with E-state index in [0.29, 0.717) is 18.6 Å². The molecule has 1 aliphatic carbocycles. The van der Waals surface area contributed by atoms with Crippen LogP contribution in [0.25, 0.3) is 0 Å². The topological polar surface area (TPSA) is 71.4 Å². The first-order valence-electron chi connectivity index (χ1n) is 6.17. The maximum atomic E-state index is 13.7. The van der Waals surface area contributed by atoms with Crippen molar-refractivity contribution in [1.29, 1.82) is 0 Å². The highest BCUT2D eigenvalue weighted by Crippen LogP contribution is 2.48. The molecule has 1 saturated carbocycles. The summed E-state index contributed by atoms with van der Waals surface area (Å²) in [5, 5.41) is 9.26. The third kappa shape index (κ3) is 2.00. The molecule has 7 heteroatoms. The number of benzene rings is 1. The van der Waals surface area contributed by atoms with Crippen molar-refractivity contribution in [2.75, 3.05) is 0 Å². The first kappa shape index (κ1) is 14.9. The summed E-state index contributed by atoms with van der Waals surface area (Å²) in [5.41, 5.74) is 0. The molecule has 0 spiro atoms. The highest BCUT2D eigenvalue weighted by Gasteiger charge is 2.60. The maximum Gasteiger partial charge on any atom is 0.325 e. The summed E-state index contributed by atoms with van der Waals surface area (Å²) in [7, 11) is -4.47. The van der Waals surface area contributed by atoms with Crippen molar-refractivity contribution in [2.24, 2.45) is 5.92 Å². The average molecular weight is 304 g/mol. The van der Waals surface area contributed by atoms with Crippen LogP contribution in [0.5, 0.6) is 0 Å². The van der Waals surface area contributed by atoms with Crippen molar-refractivity contribution < 1.29 is 27.1 Å². The lowest BCUT2D eigenvalue weighted by atomic mass is 9.73. The van der Waals surface area contributed by atoms with Crippen LogP contribution in [0.15, 0.2) is 23.1 Å². The molecule has 0 unspecified atom stereocenters. The predicted octanol–water partition coefficient (Wildman–Crippen LogP) is 2.38. The Kier molecular flexibility index (Phi) is 3.58. The van der Waals surface area contributed by atoms with Crippen LogP contribution in [-0.2, 0) is 14.6 Å². The molecule has 0 atom stereocenters. The maximum absolute atomic E-state index is 13.7. The Labute approximate surface area is 115 Å². The highest BCUT2D eigenvalue weighted by molar-refractivity contribution is 7.93. The van der Waals surface area contributed by atoms with Crippen molar-refractivity contribution >= 4 is 15.8 Å². The van der Waals surface area contributed by atoms with Crippen LogP contribution in [0.2, 0.25) is 0 Å². The number of hydrogen-bond acceptors (Lipinski definition) is 3. The number of rotatable bonds is 4. The summed E-state index contributed by atoms with van der Waals surface area (Å²) in [6, 6.07) is 2.01. The summed E-state index contributed by atoms with van der Waals surface area (Å²) in [6.07, 6.45) is 0.504. The van der Waals surface area contributed by atoms with E-state index in [0.717, 1.165) is 6.07 Å². The lowest BCUT2D eigenvalue weighted by Crippen LogP contribution is -2.56. The van der Waals surface area contributed by atoms with E-state index in [1.165, 1.54) is 0 Å². The monoisotopic (exact) mass is 304 g/mol. The molecule has 0 amide bonds. The van der Waals surface area contributed by atoms with E-state index >= 15 is 0 Å². The molecule has 20 heavy (non-hydrogen) atoms. The van der Waals surface area contributed by atoms with Crippen LogP contribution in [0.4, 0.5) is 8.78 Å². The molecule has 0 aliphatic heterocycles. The fraction of sp³-hybridized carbons (Fsp3) is 0.462. The Morgan fingerprint density at radius 2 is 2.00 bits per heavy atom. The molecule has 0 saturated heterocycles. The Bertz CT molecular complexity index is 648. The SMILES string of the molecule is CCC1CC(C(=O)O)(S(=O)(=O)c2cc(F)ccc2F)C1. The van der Waals surface area contributed by atoms with Gasteiger partial charge in [-0.15, -0.1) is 0 Å². The standard InChI is InChI=1S/C13H14F2O4S/c1-2-8-6-13(7-8,12(16)17)20(18,19)11-5-9(14)3-4-10(11)15/h3-5,8H,2,6-7H2,1H3,(H,16,17). The van der Waals surface area contributed by atoms with E-state index in [-0.39, 0.29) is 18.8 Å².